The van der Waals surface area contributed by atoms with Gasteiger partial charge < -0.3 is 9.67 Å². The molecule has 1 aromatic heterocycles. The second-order valence-corrected chi connectivity index (χ2v) is 6.61. The molecule has 4 nitrogen and oxygen atoms in total. The lowest BCUT2D eigenvalue weighted by atomic mass is 10.1. The molecule has 3 aromatic rings. The number of carboxylic acid groups (broad SMARTS) is 1. The Balaban J connectivity index is 2.20. The molecule has 0 saturated heterocycles. The van der Waals surface area contributed by atoms with Crippen molar-refractivity contribution in [3.8, 4) is 23.0 Å². The number of aryl methyl sites for hydroxylation is 1. The van der Waals surface area contributed by atoms with E-state index in [-0.39, 0.29) is 12.0 Å². The number of aromatic carboxylic acids is 1. The minimum absolute atomic E-state index is 0.250. The number of hydrogen-bond donors (Lipinski definition) is 1. The number of carbonyl (C=O) groups is 1. The number of nitrogens with zero attached hydrogens (tertiary/aromatic N) is 2. The van der Waals surface area contributed by atoms with Gasteiger partial charge >= 0.3 is 5.97 Å². The van der Waals surface area contributed by atoms with Crippen molar-refractivity contribution >= 4 is 21.9 Å². The maximum Gasteiger partial charge on any atom is 0.335 e. The van der Waals surface area contributed by atoms with Crippen LogP contribution in [0.3, 0.4) is 0 Å². The quantitative estimate of drug-likeness (QED) is 0.678. The van der Waals surface area contributed by atoms with E-state index in [2.05, 4.69) is 22.0 Å². The SMILES string of the molecule is Cc1cc(C(=O)O)ccc1-n1c(CC#N)ccc1-c1ccc(Br)cc1. The van der Waals surface area contributed by atoms with Gasteiger partial charge in [-0.15, -0.1) is 0 Å². The summed E-state index contributed by atoms with van der Waals surface area (Å²) in [5.41, 5.74) is 4.82. The monoisotopic (exact) mass is 394 g/mol. The summed E-state index contributed by atoms with van der Waals surface area (Å²) in [5, 5.41) is 18.3. The topological polar surface area (TPSA) is 66.0 Å². The van der Waals surface area contributed by atoms with Gasteiger partial charge in [-0.25, -0.2) is 4.79 Å². The highest BCUT2D eigenvalue weighted by Crippen LogP contribution is 2.30. The van der Waals surface area contributed by atoms with Crippen LogP contribution in [0.5, 0.6) is 0 Å². The predicted octanol–water partition coefficient (Wildman–Crippen LogP) is 4.98. The van der Waals surface area contributed by atoms with Crippen molar-refractivity contribution in [2.75, 3.05) is 0 Å². The van der Waals surface area contributed by atoms with E-state index in [0.717, 1.165) is 32.7 Å². The highest BCUT2D eigenvalue weighted by molar-refractivity contribution is 9.10. The molecule has 0 amide bonds. The molecule has 0 unspecified atom stereocenters. The molecule has 25 heavy (non-hydrogen) atoms. The molecular formula is C20H15BrN2O2. The smallest absolute Gasteiger partial charge is 0.335 e. The van der Waals surface area contributed by atoms with E-state index < -0.39 is 5.97 Å². The first kappa shape index (κ1) is 17.0. The van der Waals surface area contributed by atoms with Crippen molar-refractivity contribution in [2.45, 2.75) is 13.3 Å². The molecule has 0 radical (unpaired) electrons. The average molecular weight is 395 g/mol. The molecule has 0 aliphatic carbocycles. The van der Waals surface area contributed by atoms with Crippen molar-refractivity contribution in [3.63, 3.8) is 0 Å². The van der Waals surface area contributed by atoms with Crippen molar-refractivity contribution < 1.29 is 9.90 Å². The van der Waals surface area contributed by atoms with Crippen LogP contribution in [0.2, 0.25) is 0 Å². The zero-order valence-corrected chi connectivity index (χ0v) is 15.1. The fourth-order valence-corrected chi connectivity index (χ4v) is 3.13. The van der Waals surface area contributed by atoms with Crippen molar-refractivity contribution in [2.24, 2.45) is 0 Å². The van der Waals surface area contributed by atoms with Crippen LogP contribution in [0, 0.1) is 18.3 Å². The van der Waals surface area contributed by atoms with Crippen LogP contribution in [0.15, 0.2) is 59.1 Å². The summed E-state index contributed by atoms with van der Waals surface area (Å²) in [6, 6.07) is 19.1. The third-order valence-corrected chi connectivity index (χ3v) is 4.58. The molecule has 0 bridgehead atoms. The Labute approximate surface area is 154 Å². The Bertz CT molecular complexity index is 982. The molecule has 3 rings (SSSR count). The lowest BCUT2D eigenvalue weighted by molar-refractivity contribution is 0.0697. The van der Waals surface area contributed by atoms with E-state index >= 15 is 0 Å². The summed E-state index contributed by atoms with van der Waals surface area (Å²) in [5.74, 6) is -0.951. The minimum Gasteiger partial charge on any atom is -0.478 e. The van der Waals surface area contributed by atoms with E-state index in [1.165, 1.54) is 0 Å². The number of aromatic nitrogens is 1. The minimum atomic E-state index is -0.951. The van der Waals surface area contributed by atoms with Gasteiger partial charge in [0.25, 0.3) is 0 Å². The molecule has 0 fully saturated rings. The Morgan fingerprint density at radius 2 is 1.88 bits per heavy atom. The number of benzene rings is 2. The van der Waals surface area contributed by atoms with Crippen LogP contribution in [0.25, 0.3) is 16.9 Å². The van der Waals surface area contributed by atoms with Crippen LogP contribution < -0.4 is 0 Å². The van der Waals surface area contributed by atoms with Gasteiger partial charge in [-0.1, -0.05) is 28.1 Å². The molecule has 0 aliphatic rings. The molecule has 0 atom stereocenters. The van der Waals surface area contributed by atoms with Crippen LogP contribution in [-0.4, -0.2) is 15.6 Å². The molecule has 5 heteroatoms. The first-order chi connectivity index (χ1) is 12.0. The van der Waals surface area contributed by atoms with Gasteiger partial charge in [-0.05, 0) is 60.5 Å². The van der Waals surface area contributed by atoms with Gasteiger partial charge in [0.05, 0.1) is 23.7 Å². The molecular weight excluding hydrogens is 380 g/mol. The number of hydrogen-bond acceptors (Lipinski definition) is 2. The lowest BCUT2D eigenvalue weighted by Gasteiger charge is -2.16. The van der Waals surface area contributed by atoms with Crippen LogP contribution in [-0.2, 0) is 6.42 Å². The largest absolute Gasteiger partial charge is 0.478 e. The molecule has 1 N–H and O–H groups in total. The summed E-state index contributed by atoms with van der Waals surface area (Å²) in [6.45, 7) is 1.88. The fraction of sp³-hybridized carbons (Fsp3) is 0.100. The van der Waals surface area contributed by atoms with Crippen LogP contribution in [0.4, 0.5) is 0 Å². The van der Waals surface area contributed by atoms with Crippen LogP contribution in [0.1, 0.15) is 21.6 Å². The Kier molecular flexibility index (Phi) is 4.73. The Morgan fingerprint density at radius 1 is 1.16 bits per heavy atom. The summed E-state index contributed by atoms with van der Waals surface area (Å²) in [4.78, 5) is 11.2. The molecule has 124 valence electrons. The number of rotatable bonds is 4. The van der Waals surface area contributed by atoms with E-state index in [9.17, 15) is 9.90 Å². The highest BCUT2D eigenvalue weighted by Gasteiger charge is 2.15. The maximum atomic E-state index is 11.2. The summed E-state index contributed by atoms with van der Waals surface area (Å²) in [6.07, 6.45) is 0.274. The van der Waals surface area contributed by atoms with Crippen LogP contribution >= 0.6 is 15.9 Å². The van der Waals surface area contributed by atoms with Crippen molar-refractivity contribution in [1.29, 1.82) is 5.26 Å². The van der Waals surface area contributed by atoms with E-state index in [1.807, 2.05) is 47.9 Å². The number of halogens is 1. The van der Waals surface area contributed by atoms with Gasteiger partial charge in [0, 0.05) is 15.9 Å². The Hall–Kier alpha value is -2.84. The lowest BCUT2D eigenvalue weighted by Crippen LogP contribution is -2.05. The molecule has 0 aliphatic heterocycles. The molecule has 0 saturated carbocycles. The standard InChI is InChI=1S/C20H15BrN2O2/c1-13-12-15(20(24)25)4-8-18(13)23-17(10-11-22)7-9-19(23)14-2-5-16(21)6-3-14/h2-9,12H,10H2,1H3,(H,24,25). The second-order valence-electron chi connectivity index (χ2n) is 5.69. The fourth-order valence-electron chi connectivity index (χ4n) is 2.87. The van der Waals surface area contributed by atoms with Gasteiger partial charge in [-0.3, -0.25) is 0 Å². The summed E-state index contributed by atoms with van der Waals surface area (Å²) in [7, 11) is 0. The van der Waals surface area contributed by atoms with Gasteiger partial charge in [0.1, 0.15) is 0 Å². The third-order valence-electron chi connectivity index (χ3n) is 4.05. The first-order valence-corrected chi connectivity index (χ1v) is 8.48. The molecule has 2 aromatic carbocycles. The second kappa shape index (κ2) is 6.96. The predicted molar refractivity (Wildman–Crippen MR) is 99.9 cm³/mol. The summed E-state index contributed by atoms with van der Waals surface area (Å²) < 4.78 is 3.02. The summed E-state index contributed by atoms with van der Waals surface area (Å²) >= 11 is 3.44. The highest BCUT2D eigenvalue weighted by atomic mass is 79.9. The molecule has 0 spiro atoms. The zero-order chi connectivity index (χ0) is 18.0. The van der Waals surface area contributed by atoms with E-state index in [1.54, 1.807) is 18.2 Å². The maximum absolute atomic E-state index is 11.2. The van der Waals surface area contributed by atoms with E-state index in [0.29, 0.717) is 0 Å². The van der Waals surface area contributed by atoms with Gasteiger partial charge in [0.2, 0.25) is 0 Å². The Morgan fingerprint density at radius 3 is 2.48 bits per heavy atom. The number of carboxylic acids is 1. The third kappa shape index (κ3) is 3.35. The zero-order valence-electron chi connectivity index (χ0n) is 13.5. The normalized spacial score (nSPS) is 10.4. The molecule has 1 heterocycles. The van der Waals surface area contributed by atoms with Gasteiger partial charge in [0.15, 0.2) is 0 Å². The van der Waals surface area contributed by atoms with Gasteiger partial charge in [-0.2, -0.15) is 5.26 Å². The van der Waals surface area contributed by atoms with Crippen molar-refractivity contribution in [1.82, 2.24) is 4.57 Å². The number of nitriles is 1. The van der Waals surface area contributed by atoms with Crippen molar-refractivity contribution in [3.05, 3.63) is 75.9 Å². The first-order valence-electron chi connectivity index (χ1n) is 7.69. The average Bonchev–Trinajstić information content (AvgIpc) is 2.99. The van der Waals surface area contributed by atoms with E-state index in [4.69, 9.17) is 5.26 Å².